The third kappa shape index (κ3) is 2.31. The molecule has 0 aromatic heterocycles. The maximum atomic E-state index is 4.94. The van der Waals surface area contributed by atoms with Crippen molar-refractivity contribution >= 4 is 0 Å². The first-order valence-corrected chi connectivity index (χ1v) is 3.28. The number of ether oxygens (including phenoxy) is 1. The molecule has 8 heavy (non-hydrogen) atoms. The Morgan fingerprint density at radius 3 is 1.38 bits per heavy atom. The van der Waals surface area contributed by atoms with Crippen molar-refractivity contribution in [3.63, 3.8) is 0 Å². The molecule has 0 radical (unpaired) electrons. The van der Waals surface area contributed by atoms with Crippen molar-refractivity contribution in [2.75, 3.05) is 13.2 Å². The van der Waals surface area contributed by atoms with Crippen LogP contribution in [0.2, 0.25) is 0 Å². The fraction of sp³-hybridized carbons (Fsp3) is 1.00. The Balaban J connectivity index is 0.000000222. The highest BCUT2D eigenvalue weighted by molar-refractivity contribution is 4.73. The minimum Gasteiger partial charge on any atom is -0.380 e. The summed E-state index contributed by atoms with van der Waals surface area (Å²) in [7, 11) is 0. The maximum Gasteiger partial charge on any atom is 0.0539 e. The van der Waals surface area contributed by atoms with Gasteiger partial charge >= 0.3 is 0 Å². The highest BCUT2D eigenvalue weighted by atomic mass is 16.5. The van der Waals surface area contributed by atoms with Crippen LogP contribution in [0.3, 0.4) is 0 Å². The zero-order valence-electron chi connectivity index (χ0n) is 6.32. The summed E-state index contributed by atoms with van der Waals surface area (Å²) in [6, 6.07) is 0. The highest BCUT2D eigenvalue weighted by Crippen LogP contribution is 2.24. The molecule has 0 atom stereocenters. The van der Waals surface area contributed by atoms with Gasteiger partial charge < -0.3 is 4.74 Å². The average molecular weight is 116 g/mol. The summed E-state index contributed by atoms with van der Waals surface area (Å²) in [6.07, 6.45) is 0. The van der Waals surface area contributed by atoms with Crippen LogP contribution in [0.4, 0.5) is 0 Å². The van der Waals surface area contributed by atoms with E-state index < -0.39 is 0 Å². The van der Waals surface area contributed by atoms with Crippen molar-refractivity contribution in [2.45, 2.75) is 27.7 Å². The molecule has 0 unspecified atom stereocenters. The van der Waals surface area contributed by atoms with Gasteiger partial charge in [-0.15, -0.1) is 0 Å². The Labute approximate surface area is 52.0 Å². The number of hydrogen-bond donors (Lipinski definition) is 0. The van der Waals surface area contributed by atoms with Crippen molar-refractivity contribution < 1.29 is 4.74 Å². The summed E-state index contributed by atoms with van der Waals surface area (Å²) >= 11 is 0. The topological polar surface area (TPSA) is 9.23 Å². The molecule has 1 rings (SSSR count). The van der Waals surface area contributed by atoms with Gasteiger partial charge in [0, 0.05) is 5.41 Å². The third-order valence-corrected chi connectivity index (χ3v) is 0.986. The molecule has 1 heteroatoms. The second-order valence-electron chi connectivity index (χ2n) is 2.66. The van der Waals surface area contributed by atoms with Crippen LogP contribution in [0, 0.1) is 5.41 Å². The van der Waals surface area contributed by atoms with Gasteiger partial charge in [-0.25, -0.2) is 0 Å². The quantitative estimate of drug-likeness (QED) is 0.470. The predicted octanol–water partition coefficient (Wildman–Crippen LogP) is 2.07. The van der Waals surface area contributed by atoms with Gasteiger partial charge in [0.25, 0.3) is 0 Å². The zero-order valence-corrected chi connectivity index (χ0v) is 6.32. The number of rotatable bonds is 0. The second kappa shape index (κ2) is 3.08. The molecule has 1 heterocycles. The average Bonchev–Trinajstić information content (AvgIpc) is 1.69. The molecule has 0 amide bonds. The van der Waals surface area contributed by atoms with E-state index >= 15 is 0 Å². The van der Waals surface area contributed by atoms with E-state index in [1.54, 1.807) is 0 Å². The van der Waals surface area contributed by atoms with Crippen LogP contribution in [-0.4, -0.2) is 13.2 Å². The van der Waals surface area contributed by atoms with Crippen LogP contribution in [0.25, 0.3) is 0 Å². The predicted molar refractivity (Wildman–Crippen MR) is 35.9 cm³/mol. The minimum absolute atomic E-state index is 0.500. The summed E-state index contributed by atoms with van der Waals surface area (Å²) in [5.74, 6) is 0. The lowest BCUT2D eigenvalue weighted by molar-refractivity contribution is -0.0892. The van der Waals surface area contributed by atoms with Crippen molar-refractivity contribution in [3.05, 3.63) is 0 Å². The van der Waals surface area contributed by atoms with Crippen LogP contribution >= 0.6 is 0 Å². The van der Waals surface area contributed by atoms with Crippen LogP contribution < -0.4 is 0 Å². The lowest BCUT2D eigenvalue weighted by Gasteiger charge is -2.33. The summed E-state index contributed by atoms with van der Waals surface area (Å²) in [5.41, 5.74) is 0.500. The molecule has 0 saturated carbocycles. The molecule has 0 aliphatic carbocycles. The molecule has 1 aliphatic heterocycles. The Morgan fingerprint density at radius 1 is 1.12 bits per heavy atom. The van der Waals surface area contributed by atoms with Gasteiger partial charge in [0.2, 0.25) is 0 Å². The molecule has 0 bridgehead atoms. The lowest BCUT2D eigenvalue weighted by atomic mass is 9.92. The smallest absolute Gasteiger partial charge is 0.0539 e. The largest absolute Gasteiger partial charge is 0.380 e. The fourth-order valence-electron chi connectivity index (χ4n) is 0.510. The second-order valence-corrected chi connectivity index (χ2v) is 2.66. The Hall–Kier alpha value is -0.0400. The third-order valence-electron chi connectivity index (χ3n) is 0.986. The Morgan fingerprint density at radius 2 is 1.38 bits per heavy atom. The summed E-state index contributed by atoms with van der Waals surface area (Å²) < 4.78 is 4.94. The van der Waals surface area contributed by atoms with E-state index in [0.717, 1.165) is 13.2 Å². The molecule has 1 nitrogen and oxygen atoms in total. The van der Waals surface area contributed by atoms with Gasteiger partial charge in [0.1, 0.15) is 0 Å². The van der Waals surface area contributed by atoms with Crippen molar-refractivity contribution in [2.24, 2.45) is 5.41 Å². The first-order valence-electron chi connectivity index (χ1n) is 3.28. The van der Waals surface area contributed by atoms with E-state index in [0.29, 0.717) is 5.41 Å². The molecule has 0 aromatic rings. The molecule has 1 fully saturated rings. The Kier molecular flexibility index (Phi) is 3.06. The van der Waals surface area contributed by atoms with E-state index in [4.69, 9.17) is 4.74 Å². The van der Waals surface area contributed by atoms with Crippen molar-refractivity contribution in [1.82, 2.24) is 0 Å². The molecule has 0 aromatic carbocycles. The molecule has 0 spiro atoms. The summed E-state index contributed by atoms with van der Waals surface area (Å²) in [4.78, 5) is 0. The highest BCUT2D eigenvalue weighted by Gasteiger charge is 2.26. The van der Waals surface area contributed by atoms with Gasteiger partial charge in [-0.3, -0.25) is 0 Å². The monoisotopic (exact) mass is 116 g/mol. The standard InChI is InChI=1S/C5H10O.C2H6/c1-5(2)3-6-4-5;1-2/h3-4H2,1-2H3;1-2H3. The Bertz CT molecular complexity index is 51.4. The zero-order chi connectivity index (χ0) is 6.62. The minimum atomic E-state index is 0.500. The fourth-order valence-corrected chi connectivity index (χ4v) is 0.510. The molecular weight excluding hydrogens is 100 g/mol. The van der Waals surface area contributed by atoms with E-state index in [-0.39, 0.29) is 0 Å². The van der Waals surface area contributed by atoms with Crippen molar-refractivity contribution in [3.8, 4) is 0 Å². The van der Waals surface area contributed by atoms with Gasteiger partial charge in [0.05, 0.1) is 13.2 Å². The van der Waals surface area contributed by atoms with E-state index in [1.165, 1.54) is 0 Å². The van der Waals surface area contributed by atoms with Crippen LogP contribution in [0.15, 0.2) is 0 Å². The molecule has 1 saturated heterocycles. The summed E-state index contributed by atoms with van der Waals surface area (Å²) in [6.45, 7) is 10.3. The van der Waals surface area contributed by atoms with Crippen molar-refractivity contribution in [1.29, 1.82) is 0 Å². The van der Waals surface area contributed by atoms with E-state index in [9.17, 15) is 0 Å². The lowest BCUT2D eigenvalue weighted by Crippen LogP contribution is -2.36. The molecule has 0 N–H and O–H groups in total. The van der Waals surface area contributed by atoms with Gasteiger partial charge in [-0.05, 0) is 0 Å². The van der Waals surface area contributed by atoms with E-state index in [1.807, 2.05) is 13.8 Å². The normalized spacial score (nSPS) is 22.5. The van der Waals surface area contributed by atoms with E-state index in [2.05, 4.69) is 13.8 Å². The van der Waals surface area contributed by atoms with Gasteiger partial charge in [-0.1, -0.05) is 27.7 Å². The summed E-state index contributed by atoms with van der Waals surface area (Å²) in [5, 5.41) is 0. The van der Waals surface area contributed by atoms with Crippen LogP contribution in [-0.2, 0) is 4.74 Å². The SMILES string of the molecule is CC.CC1(C)COC1. The molecular formula is C7H16O. The van der Waals surface area contributed by atoms with Gasteiger partial charge in [0.15, 0.2) is 0 Å². The first-order chi connectivity index (χ1) is 3.71. The maximum absolute atomic E-state index is 4.94. The van der Waals surface area contributed by atoms with Gasteiger partial charge in [-0.2, -0.15) is 0 Å². The number of hydrogen-bond acceptors (Lipinski definition) is 1. The van der Waals surface area contributed by atoms with Crippen LogP contribution in [0.1, 0.15) is 27.7 Å². The van der Waals surface area contributed by atoms with Crippen LogP contribution in [0.5, 0.6) is 0 Å². The first kappa shape index (κ1) is 7.96. The molecule has 1 aliphatic rings. The molecule has 50 valence electrons.